The summed E-state index contributed by atoms with van der Waals surface area (Å²) in [7, 11) is 0. The summed E-state index contributed by atoms with van der Waals surface area (Å²) in [5.74, 6) is -0.717. The van der Waals surface area contributed by atoms with Crippen LogP contribution in [-0.2, 0) is 16.0 Å². The maximum atomic E-state index is 13.8. The zero-order valence-corrected chi connectivity index (χ0v) is 13.1. The van der Waals surface area contributed by atoms with Gasteiger partial charge in [0, 0.05) is 0 Å². The van der Waals surface area contributed by atoms with Crippen molar-refractivity contribution in [3.05, 3.63) is 29.6 Å². The summed E-state index contributed by atoms with van der Waals surface area (Å²) in [6.07, 6.45) is 0.313. The number of rotatable bonds is 7. The average Bonchev–Trinajstić information content (AvgIpc) is 2.45. The number of carbonyl (C=O) groups is 1. The van der Waals surface area contributed by atoms with Crippen molar-refractivity contribution in [1.29, 1.82) is 0 Å². The van der Waals surface area contributed by atoms with Gasteiger partial charge in [0.2, 0.25) is 0 Å². The SMILES string of the molecule is CCc1ccc(O[C@@H](C)COC(=O)[C@@H](N)C(C)C)c(F)c1. The highest BCUT2D eigenvalue weighted by atomic mass is 19.1. The quantitative estimate of drug-likeness (QED) is 0.786. The van der Waals surface area contributed by atoms with E-state index in [1.165, 1.54) is 6.07 Å². The van der Waals surface area contributed by atoms with Crippen molar-refractivity contribution in [2.75, 3.05) is 6.61 Å². The maximum absolute atomic E-state index is 13.8. The third-order valence-electron chi connectivity index (χ3n) is 3.18. The molecule has 0 saturated carbocycles. The normalized spacial score (nSPS) is 13.9. The molecule has 118 valence electrons. The van der Waals surface area contributed by atoms with Gasteiger partial charge in [-0.05, 0) is 37.0 Å². The van der Waals surface area contributed by atoms with Crippen LogP contribution in [-0.4, -0.2) is 24.7 Å². The fraction of sp³-hybridized carbons (Fsp3) is 0.562. The van der Waals surface area contributed by atoms with Gasteiger partial charge in [0.05, 0.1) is 0 Å². The first-order chi connectivity index (χ1) is 9.85. The second kappa shape index (κ2) is 7.98. The number of aryl methyl sites for hydroxylation is 1. The molecular weight excluding hydrogens is 273 g/mol. The lowest BCUT2D eigenvalue weighted by molar-refractivity contribution is -0.148. The number of carbonyl (C=O) groups excluding carboxylic acids is 1. The summed E-state index contributed by atoms with van der Waals surface area (Å²) in [5.41, 5.74) is 6.58. The van der Waals surface area contributed by atoms with E-state index in [0.717, 1.165) is 12.0 Å². The van der Waals surface area contributed by atoms with Gasteiger partial charge in [0.25, 0.3) is 0 Å². The van der Waals surface area contributed by atoms with E-state index in [1.54, 1.807) is 13.0 Å². The molecule has 0 heterocycles. The number of halogens is 1. The monoisotopic (exact) mass is 297 g/mol. The Morgan fingerprint density at radius 2 is 2.00 bits per heavy atom. The van der Waals surface area contributed by atoms with Crippen LogP contribution in [0.1, 0.15) is 33.3 Å². The summed E-state index contributed by atoms with van der Waals surface area (Å²) < 4.78 is 24.3. The number of ether oxygens (including phenoxy) is 2. The van der Waals surface area contributed by atoms with E-state index in [-0.39, 0.29) is 18.3 Å². The van der Waals surface area contributed by atoms with Gasteiger partial charge < -0.3 is 15.2 Å². The van der Waals surface area contributed by atoms with Crippen LogP contribution in [0.15, 0.2) is 18.2 Å². The van der Waals surface area contributed by atoms with Crippen molar-refractivity contribution in [2.45, 2.75) is 46.3 Å². The van der Waals surface area contributed by atoms with Crippen LogP contribution >= 0.6 is 0 Å². The molecule has 0 unspecified atom stereocenters. The molecule has 4 nitrogen and oxygen atoms in total. The molecule has 0 aliphatic rings. The lowest BCUT2D eigenvalue weighted by Gasteiger charge is -2.18. The molecule has 2 atom stereocenters. The third kappa shape index (κ3) is 5.34. The number of nitrogens with two attached hydrogens (primary N) is 1. The molecule has 21 heavy (non-hydrogen) atoms. The molecule has 0 spiro atoms. The second-order valence-electron chi connectivity index (χ2n) is 5.45. The van der Waals surface area contributed by atoms with Gasteiger partial charge in [0.15, 0.2) is 11.6 Å². The molecule has 1 rings (SSSR count). The number of benzene rings is 1. The van der Waals surface area contributed by atoms with Crippen LogP contribution in [0.25, 0.3) is 0 Å². The van der Waals surface area contributed by atoms with E-state index >= 15 is 0 Å². The minimum absolute atomic E-state index is 0.00718. The molecule has 1 aromatic rings. The average molecular weight is 297 g/mol. The van der Waals surface area contributed by atoms with Crippen molar-refractivity contribution >= 4 is 5.97 Å². The summed E-state index contributed by atoms with van der Waals surface area (Å²) in [4.78, 5) is 11.6. The Morgan fingerprint density at radius 3 is 2.52 bits per heavy atom. The van der Waals surface area contributed by atoms with Crippen LogP contribution < -0.4 is 10.5 Å². The van der Waals surface area contributed by atoms with E-state index in [9.17, 15) is 9.18 Å². The second-order valence-corrected chi connectivity index (χ2v) is 5.45. The van der Waals surface area contributed by atoms with E-state index in [1.807, 2.05) is 26.8 Å². The molecule has 0 amide bonds. The number of hydrogen-bond acceptors (Lipinski definition) is 4. The van der Waals surface area contributed by atoms with Gasteiger partial charge in [-0.15, -0.1) is 0 Å². The van der Waals surface area contributed by atoms with Crippen LogP contribution in [0.2, 0.25) is 0 Å². The Balaban J connectivity index is 2.50. The van der Waals surface area contributed by atoms with Gasteiger partial charge in [-0.2, -0.15) is 0 Å². The predicted molar refractivity (Wildman–Crippen MR) is 79.6 cm³/mol. The third-order valence-corrected chi connectivity index (χ3v) is 3.18. The molecule has 0 saturated heterocycles. The highest BCUT2D eigenvalue weighted by Crippen LogP contribution is 2.20. The molecule has 0 aliphatic heterocycles. The zero-order valence-electron chi connectivity index (χ0n) is 13.1. The lowest BCUT2D eigenvalue weighted by atomic mass is 10.1. The molecule has 0 bridgehead atoms. The Hall–Kier alpha value is -1.62. The first kappa shape index (κ1) is 17.4. The standard InChI is InChI=1S/C16H24FNO3/c1-5-12-6-7-14(13(17)8-12)21-11(4)9-20-16(19)15(18)10(2)3/h6-8,10-11,15H,5,9,18H2,1-4H3/t11-,15-/m0/s1. The van der Waals surface area contributed by atoms with Crippen LogP contribution in [0.5, 0.6) is 5.75 Å². The molecule has 0 fully saturated rings. The van der Waals surface area contributed by atoms with Crippen molar-refractivity contribution < 1.29 is 18.7 Å². The molecule has 0 radical (unpaired) electrons. The van der Waals surface area contributed by atoms with Gasteiger partial charge in [-0.25, -0.2) is 4.39 Å². The van der Waals surface area contributed by atoms with Crippen LogP contribution in [0.3, 0.4) is 0 Å². The molecule has 0 aliphatic carbocycles. The van der Waals surface area contributed by atoms with Crippen LogP contribution in [0.4, 0.5) is 4.39 Å². The molecule has 1 aromatic carbocycles. The highest BCUT2D eigenvalue weighted by Gasteiger charge is 2.20. The van der Waals surface area contributed by atoms with Crippen LogP contribution in [0, 0.1) is 11.7 Å². The Labute approximate surface area is 125 Å². The zero-order chi connectivity index (χ0) is 16.0. The topological polar surface area (TPSA) is 61.5 Å². The number of esters is 1. The molecule has 5 heteroatoms. The largest absolute Gasteiger partial charge is 0.484 e. The predicted octanol–water partition coefficient (Wildman–Crippen LogP) is 2.68. The first-order valence-electron chi connectivity index (χ1n) is 7.22. The van der Waals surface area contributed by atoms with E-state index in [2.05, 4.69) is 0 Å². The number of hydrogen-bond donors (Lipinski definition) is 1. The van der Waals surface area contributed by atoms with Crippen molar-refractivity contribution in [3.8, 4) is 5.75 Å². The fourth-order valence-electron chi connectivity index (χ4n) is 1.68. The van der Waals surface area contributed by atoms with E-state index in [0.29, 0.717) is 0 Å². The van der Waals surface area contributed by atoms with Gasteiger partial charge in [-0.3, -0.25) is 4.79 Å². The molecular formula is C16H24FNO3. The molecule has 2 N–H and O–H groups in total. The van der Waals surface area contributed by atoms with Gasteiger partial charge >= 0.3 is 5.97 Å². The lowest BCUT2D eigenvalue weighted by Crippen LogP contribution is -2.38. The van der Waals surface area contributed by atoms with E-state index in [4.69, 9.17) is 15.2 Å². The first-order valence-corrected chi connectivity index (χ1v) is 7.22. The highest BCUT2D eigenvalue weighted by molar-refractivity contribution is 5.75. The molecule has 0 aromatic heterocycles. The minimum atomic E-state index is -0.655. The Kier molecular flexibility index (Phi) is 6.62. The minimum Gasteiger partial charge on any atom is -0.484 e. The summed E-state index contributed by atoms with van der Waals surface area (Å²) in [6.45, 7) is 7.39. The van der Waals surface area contributed by atoms with E-state index < -0.39 is 23.9 Å². The fourth-order valence-corrected chi connectivity index (χ4v) is 1.68. The summed E-state index contributed by atoms with van der Waals surface area (Å²) in [6, 6.07) is 4.19. The smallest absolute Gasteiger partial charge is 0.323 e. The maximum Gasteiger partial charge on any atom is 0.323 e. The van der Waals surface area contributed by atoms with Crippen molar-refractivity contribution in [3.63, 3.8) is 0 Å². The summed E-state index contributed by atoms with van der Waals surface area (Å²) in [5, 5.41) is 0. The van der Waals surface area contributed by atoms with Crippen molar-refractivity contribution in [2.24, 2.45) is 11.7 Å². The summed E-state index contributed by atoms with van der Waals surface area (Å²) >= 11 is 0. The van der Waals surface area contributed by atoms with Gasteiger partial charge in [0.1, 0.15) is 18.8 Å². The Morgan fingerprint density at radius 1 is 1.33 bits per heavy atom. The van der Waals surface area contributed by atoms with Crippen molar-refractivity contribution in [1.82, 2.24) is 0 Å². The van der Waals surface area contributed by atoms with Gasteiger partial charge in [-0.1, -0.05) is 26.8 Å². The Bertz CT molecular complexity index is 477.